The molecule has 0 amide bonds. The monoisotopic (exact) mass is 264 g/mol. The van der Waals surface area contributed by atoms with Crippen LogP contribution in [0.1, 0.15) is 18.0 Å². The number of aliphatic carboxylic acids is 1. The van der Waals surface area contributed by atoms with Crippen LogP contribution in [0.4, 0.5) is 0 Å². The smallest absolute Gasteiger partial charge is 0.325 e. The van der Waals surface area contributed by atoms with E-state index in [0.29, 0.717) is 26.1 Å². The van der Waals surface area contributed by atoms with Crippen molar-refractivity contribution in [3.8, 4) is 0 Å². The lowest BCUT2D eigenvalue weighted by Gasteiger charge is -2.28. The second-order valence-electron chi connectivity index (χ2n) is 5.06. The van der Waals surface area contributed by atoms with E-state index >= 15 is 0 Å². The van der Waals surface area contributed by atoms with E-state index in [1.54, 1.807) is 7.11 Å². The fraction of sp³-hybridized carbons (Fsp3) is 0.500. The molecule has 1 heterocycles. The molecule has 1 saturated heterocycles. The normalized spacial score (nSPS) is 25.4. The predicted octanol–water partition coefficient (Wildman–Crippen LogP) is 0.862. The van der Waals surface area contributed by atoms with Crippen molar-refractivity contribution in [3.63, 3.8) is 0 Å². The fourth-order valence-corrected chi connectivity index (χ4v) is 2.55. The average molecular weight is 264 g/mol. The third-order valence-corrected chi connectivity index (χ3v) is 3.71. The molecule has 2 atom stereocenters. The Labute approximate surface area is 113 Å². The Morgan fingerprint density at radius 3 is 2.74 bits per heavy atom. The molecule has 2 rings (SSSR count). The lowest BCUT2D eigenvalue weighted by atomic mass is 10.0. The molecule has 0 radical (unpaired) electrons. The van der Waals surface area contributed by atoms with E-state index in [0.717, 1.165) is 5.56 Å². The van der Waals surface area contributed by atoms with Crippen LogP contribution in [0.2, 0.25) is 0 Å². The maximum atomic E-state index is 11.2. The number of carbonyl (C=O) groups is 1. The zero-order valence-electron chi connectivity index (χ0n) is 11.1. The summed E-state index contributed by atoms with van der Waals surface area (Å²) in [5.74, 6) is -0.931. The third-order valence-electron chi connectivity index (χ3n) is 3.71. The van der Waals surface area contributed by atoms with Crippen LogP contribution >= 0.6 is 0 Å². The minimum absolute atomic E-state index is 0.0518. The first-order valence-electron chi connectivity index (χ1n) is 6.37. The number of ether oxygens (including phenoxy) is 1. The van der Waals surface area contributed by atoms with Gasteiger partial charge in [-0.25, -0.2) is 0 Å². The summed E-state index contributed by atoms with van der Waals surface area (Å²) in [5.41, 5.74) is 5.91. The van der Waals surface area contributed by atoms with Gasteiger partial charge in [0.15, 0.2) is 0 Å². The molecule has 1 aliphatic rings. The van der Waals surface area contributed by atoms with Crippen molar-refractivity contribution in [2.45, 2.75) is 18.0 Å². The number of methoxy groups -OCH3 is 1. The standard InChI is InChI=1S/C14H20N2O3/c1-19-9-12(11-5-3-2-4-6-11)16-8-7-14(15,10-16)13(17)18/h2-6,12H,7-10,15H2,1H3,(H,17,18). The fourth-order valence-electron chi connectivity index (χ4n) is 2.55. The van der Waals surface area contributed by atoms with E-state index in [2.05, 4.69) is 4.90 Å². The van der Waals surface area contributed by atoms with Gasteiger partial charge in [-0.3, -0.25) is 9.69 Å². The Morgan fingerprint density at radius 2 is 2.21 bits per heavy atom. The Morgan fingerprint density at radius 1 is 1.53 bits per heavy atom. The largest absolute Gasteiger partial charge is 0.480 e. The van der Waals surface area contributed by atoms with Crippen LogP contribution in [0, 0.1) is 0 Å². The van der Waals surface area contributed by atoms with Crippen molar-refractivity contribution in [2.75, 3.05) is 26.8 Å². The Balaban J connectivity index is 2.16. The van der Waals surface area contributed by atoms with Crippen LogP contribution < -0.4 is 5.73 Å². The van der Waals surface area contributed by atoms with Gasteiger partial charge in [-0.2, -0.15) is 0 Å². The summed E-state index contributed by atoms with van der Waals surface area (Å²) < 4.78 is 5.27. The van der Waals surface area contributed by atoms with Crippen molar-refractivity contribution in [1.29, 1.82) is 0 Å². The molecule has 1 aromatic carbocycles. The second-order valence-corrected chi connectivity index (χ2v) is 5.06. The molecule has 2 unspecified atom stereocenters. The minimum atomic E-state index is -1.14. The number of carboxylic acids is 1. The number of benzene rings is 1. The minimum Gasteiger partial charge on any atom is -0.480 e. The molecule has 0 aliphatic carbocycles. The lowest BCUT2D eigenvalue weighted by molar-refractivity contribution is -0.142. The maximum absolute atomic E-state index is 11.2. The molecule has 0 bridgehead atoms. The van der Waals surface area contributed by atoms with Gasteiger partial charge in [-0.15, -0.1) is 0 Å². The third kappa shape index (κ3) is 2.94. The predicted molar refractivity (Wildman–Crippen MR) is 71.8 cm³/mol. The van der Waals surface area contributed by atoms with E-state index in [-0.39, 0.29) is 6.04 Å². The lowest BCUT2D eigenvalue weighted by Crippen LogP contribution is -2.50. The zero-order valence-corrected chi connectivity index (χ0v) is 11.1. The van der Waals surface area contributed by atoms with Crippen LogP contribution in [-0.4, -0.2) is 48.3 Å². The summed E-state index contributed by atoms with van der Waals surface area (Å²) in [6.45, 7) is 1.55. The molecule has 3 N–H and O–H groups in total. The molecule has 0 aromatic heterocycles. The van der Waals surface area contributed by atoms with Gasteiger partial charge >= 0.3 is 5.97 Å². The van der Waals surface area contributed by atoms with Gasteiger partial charge < -0.3 is 15.6 Å². The highest BCUT2D eigenvalue weighted by molar-refractivity contribution is 5.79. The van der Waals surface area contributed by atoms with Gasteiger partial charge in [-0.05, 0) is 12.0 Å². The molecule has 5 heteroatoms. The summed E-state index contributed by atoms with van der Waals surface area (Å²) in [6.07, 6.45) is 0.468. The summed E-state index contributed by atoms with van der Waals surface area (Å²) in [6, 6.07) is 10.0. The molecule has 104 valence electrons. The molecule has 1 aliphatic heterocycles. The van der Waals surface area contributed by atoms with Crippen molar-refractivity contribution < 1.29 is 14.6 Å². The van der Waals surface area contributed by atoms with Crippen LogP contribution in [0.15, 0.2) is 30.3 Å². The average Bonchev–Trinajstić information content (AvgIpc) is 2.81. The van der Waals surface area contributed by atoms with E-state index in [1.807, 2.05) is 30.3 Å². The van der Waals surface area contributed by atoms with Gasteiger partial charge in [0, 0.05) is 20.2 Å². The van der Waals surface area contributed by atoms with Crippen molar-refractivity contribution >= 4 is 5.97 Å². The number of hydrogen-bond donors (Lipinski definition) is 2. The van der Waals surface area contributed by atoms with Gasteiger partial charge in [0.1, 0.15) is 5.54 Å². The number of likely N-dealkylation sites (tertiary alicyclic amines) is 1. The Hall–Kier alpha value is -1.43. The highest BCUT2D eigenvalue weighted by Gasteiger charge is 2.43. The molecular weight excluding hydrogens is 244 g/mol. The molecule has 19 heavy (non-hydrogen) atoms. The topological polar surface area (TPSA) is 75.8 Å². The Kier molecular flexibility index (Phi) is 4.19. The van der Waals surface area contributed by atoms with E-state index in [1.165, 1.54) is 0 Å². The summed E-state index contributed by atoms with van der Waals surface area (Å²) >= 11 is 0. The van der Waals surface area contributed by atoms with E-state index < -0.39 is 11.5 Å². The number of rotatable bonds is 5. The van der Waals surface area contributed by atoms with Crippen LogP contribution in [0.5, 0.6) is 0 Å². The summed E-state index contributed by atoms with van der Waals surface area (Å²) in [4.78, 5) is 13.3. The molecule has 1 aromatic rings. The van der Waals surface area contributed by atoms with Crippen molar-refractivity contribution in [1.82, 2.24) is 4.90 Å². The van der Waals surface area contributed by atoms with E-state index in [9.17, 15) is 9.90 Å². The first kappa shape index (κ1) is 14.0. The first-order chi connectivity index (χ1) is 9.07. The molecule has 5 nitrogen and oxygen atoms in total. The molecule has 1 fully saturated rings. The number of nitrogens with zero attached hydrogens (tertiary/aromatic N) is 1. The Bertz CT molecular complexity index is 438. The van der Waals surface area contributed by atoms with Gasteiger partial charge in [0.2, 0.25) is 0 Å². The van der Waals surface area contributed by atoms with Crippen molar-refractivity contribution in [2.24, 2.45) is 5.73 Å². The van der Waals surface area contributed by atoms with Gasteiger partial charge in [0.25, 0.3) is 0 Å². The van der Waals surface area contributed by atoms with Crippen molar-refractivity contribution in [3.05, 3.63) is 35.9 Å². The van der Waals surface area contributed by atoms with Crippen LogP contribution in [0.25, 0.3) is 0 Å². The van der Waals surface area contributed by atoms with Crippen LogP contribution in [-0.2, 0) is 9.53 Å². The maximum Gasteiger partial charge on any atom is 0.325 e. The SMILES string of the molecule is COCC(c1ccccc1)N1CCC(N)(C(=O)O)C1. The number of hydrogen-bond acceptors (Lipinski definition) is 4. The highest BCUT2D eigenvalue weighted by Crippen LogP contribution is 2.29. The summed E-state index contributed by atoms with van der Waals surface area (Å²) in [7, 11) is 1.65. The molecule has 0 saturated carbocycles. The second kappa shape index (κ2) is 5.69. The van der Waals surface area contributed by atoms with Gasteiger partial charge in [-0.1, -0.05) is 30.3 Å². The molecular formula is C14H20N2O3. The highest BCUT2D eigenvalue weighted by atomic mass is 16.5. The number of nitrogens with two attached hydrogens (primary N) is 1. The van der Waals surface area contributed by atoms with E-state index in [4.69, 9.17) is 10.5 Å². The van der Waals surface area contributed by atoms with Gasteiger partial charge in [0.05, 0.1) is 12.6 Å². The number of carboxylic acid groups (broad SMARTS) is 1. The quantitative estimate of drug-likeness (QED) is 0.825. The molecule has 0 spiro atoms. The first-order valence-corrected chi connectivity index (χ1v) is 6.37. The summed E-state index contributed by atoms with van der Waals surface area (Å²) in [5, 5.41) is 9.19. The zero-order chi connectivity index (χ0) is 13.9. The van der Waals surface area contributed by atoms with Crippen LogP contribution in [0.3, 0.4) is 0 Å².